The molecule has 0 heterocycles. The summed E-state index contributed by atoms with van der Waals surface area (Å²) in [6.45, 7) is 5.96. The first-order valence-electron chi connectivity index (χ1n) is 4.82. The van der Waals surface area contributed by atoms with E-state index in [4.69, 9.17) is 0 Å². The van der Waals surface area contributed by atoms with Crippen LogP contribution in [0.2, 0.25) is 0 Å². The third-order valence-electron chi connectivity index (χ3n) is 2.34. The van der Waals surface area contributed by atoms with Gasteiger partial charge in [0.15, 0.2) is 0 Å². The largest absolute Gasteiger partial charge is 0.392 e. The highest BCUT2D eigenvalue weighted by atomic mass is 19.1. The Labute approximate surface area is 84.6 Å². The number of hydrogen-bond donors (Lipinski definition) is 1. The van der Waals surface area contributed by atoms with Crippen LogP contribution in [-0.2, 0) is 6.42 Å². The number of aliphatic hydroxyl groups excluding tert-OH is 1. The van der Waals surface area contributed by atoms with Crippen molar-refractivity contribution < 1.29 is 9.50 Å². The maximum absolute atomic E-state index is 12.6. The van der Waals surface area contributed by atoms with E-state index < -0.39 is 6.10 Å². The van der Waals surface area contributed by atoms with Gasteiger partial charge in [0.2, 0.25) is 0 Å². The molecule has 0 radical (unpaired) electrons. The van der Waals surface area contributed by atoms with Crippen LogP contribution < -0.4 is 0 Å². The van der Waals surface area contributed by atoms with Gasteiger partial charge in [0, 0.05) is 0 Å². The van der Waals surface area contributed by atoms with Gasteiger partial charge >= 0.3 is 0 Å². The molecule has 0 saturated heterocycles. The molecule has 0 bridgehead atoms. The zero-order valence-electron chi connectivity index (χ0n) is 8.92. The molecule has 1 unspecified atom stereocenters. The van der Waals surface area contributed by atoms with Gasteiger partial charge in [0.05, 0.1) is 6.10 Å². The van der Waals surface area contributed by atoms with E-state index in [1.807, 2.05) is 20.8 Å². The lowest BCUT2D eigenvalue weighted by Crippen LogP contribution is -2.28. The third kappa shape index (κ3) is 3.11. The van der Waals surface area contributed by atoms with Crippen LogP contribution in [0.15, 0.2) is 24.3 Å². The smallest absolute Gasteiger partial charge is 0.123 e. The summed E-state index contributed by atoms with van der Waals surface area (Å²) < 4.78 is 12.6. The Hall–Kier alpha value is -0.890. The zero-order chi connectivity index (χ0) is 10.8. The van der Waals surface area contributed by atoms with E-state index in [0.717, 1.165) is 5.56 Å². The van der Waals surface area contributed by atoms with Gasteiger partial charge in [-0.1, -0.05) is 32.9 Å². The van der Waals surface area contributed by atoms with E-state index in [-0.39, 0.29) is 11.2 Å². The second-order valence-corrected chi connectivity index (χ2v) is 4.71. The molecule has 2 heteroatoms. The Bertz CT molecular complexity index is 284. The number of halogens is 1. The summed E-state index contributed by atoms with van der Waals surface area (Å²) in [6, 6.07) is 6.27. The first kappa shape index (κ1) is 11.2. The van der Waals surface area contributed by atoms with Crippen LogP contribution in [0.4, 0.5) is 4.39 Å². The van der Waals surface area contributed by atoms with Gasteiger partial charge in [-0.25, -0.2) is 4.39 Å². The fourth-order valence-corrected chi connectivity index (χ4v) is 1.15. The third-order valence-corrected chi connectivity index (χ3v) is 2.34. The van der Waals surface area contributed by atoms with Crippen LogP contribution in [0.5, 0.6) is 0 Å². The van der Waals surface area contributed by atoms with Crippen LogP contribution >= 0.6 is 0 Å². The van der Waals surface area contributed by atoms with Crippen molar-refractivity contribution in [1.29, 1.82) is 0 Å². The van der Waals surface area contributed by atoms with Gasteiger partial charge in [-0.15, -0.1) is 0 Å². The average molecular weight is 196 g/mol. The molecule has 14 heavy (non-hydrogen) atoms. The fraction of sp³-hybridized carbons (Fsp3) is 0.500. The molecule has 0 aliphatic heterocycles. The van der Waals surface area contributed by atoms with Crippen LogP contribution in [-0.4, -0.2) is 11.2 Å². The highest BCUT2D eigenvalue weighted by Gasteiger charge is 2.21. The lowest BCUT2D eigenvalue weighted by molar-refractivity contribution is 0.0636. The number of rotatable bonds is 2. The van der Waals surface area contributed by atoms with Crippen molar-refractivity contribution in [3.63, 3.8) is 0 Å². The highest BCUT2D eigenvalue weighted by molar-refractivity contribution is 5.17. The number of benzene rings is 1. The van der Waals surface area contributed by atoms with E-state index in [2.05, 4.69) is 0 Å². The van der Waals surface area contributed by atoms with Crippen molar-refractivity contribution in [1.82, 2.24) is 0 Å². The van der Waals surface area contributed by atoms with Gasteiger partial charge in [0.1, 0.15) is 5.82 Å². The Morgan fingerprint density at radius 1 is 1.21 bits per heavy atom. The minimum absolute atomic E-state index is 0.131. The predicted molar refractivity (Wildman–Crippen MR) is 55.6 cm³/mol. The monoisotopic (exact) mass is 196 g/mol. The SMILES string of the molecule is CC(C)(C)C(O)Cc1ccc(F)cc1. The van der Waals surface area contributed by atoms with E-state index in [1.165, 1.54) is 12.1 Å². The summed E-state index contributed by atoms with van der Waals surface area (Å²) in [5.41, 5.74) is 0.836. The summed E-state index contributed by atoms with van der Waals surface area (Å²) in [4.78, 5) is 0. The van der Waals surface area contributed by atoms with Crippen LogP contribution in [0, 0.1) is 11.2 Å². The summed E-state index contributed by atoms with van der Waals surface area (Å²) in [6.07, 6.45) is 0.178. The molecule has 1 rings (SSSR count). The molecular weight excluding hydrogens is 179 g/mol. The maximum atomic E-state index is 12.6. The molecule has 0 aliphatic carbocycles. The van der Waals surface area contributed by atoms with E-state index in [0.29, 0.717) is 6.42 Å². The minimum Gasteiger partial charge on any atom is -0.392 e. The van der Waals surface area contributed by atoms with Crippen LogP contribution in [0.1, 0.15) is 26.3 Å². The molecule has 0 aromatic heterocycles. The fourth-order valence-electron chi connectivity index (χ4n) is 1.15. The predicted octanol–water partition coefficient (Wildman–Crippen LogP) is 2.78. The molecule has 1 atom stereocenters. The molecule has 1 aromatic rings. The second-order valence-electron chi connectivity index (χ2n) is 4.71. The van der Waals surface area contributed by atoms with Crippen molar-refractivity contribution in [3.8, 4) is 0 Å². The van der Waals surface area contributed by atoms with Gasteiger partial charge < -0.3 is 5.11 Å². The molecule has 0 aliphatic rings. The van der Waals surface area contributed by atoms with Crippen molar-refractivity contribution in [2.75, 3.05) is 0 Å². The highest BCUT2D eigenvalue weighted by Crippen LogP contribution is 2.22. The van der Waals surface area contributed by atoms with Gasteiger partial charge in [-0.05, 0) is 29.5 Å². The molecule has 0 saturated carbocycles. The van der Waals surface area contributed by atoms with E-state index in [9.17, 15) is 9.50 Å². The molecule has 0 spiro atoms. The van der Waals surface area contributed by atoms with Gasteiger partial charge in [-0.2, -0.15) is 0 Å². The Morgan fingerprint density at radius 3 is 2.14 bits per heavy atom. The Balaban J connectivity index is 2.65. The topological polar surface area (TPSA) is 20.2 Å². The molecule has 1 aromatic carbocycles. The van der Waals surface area contributed by atoms with Crippen LogP contribution in [0.3, 0.4) is 0 Å². The van der Waals surface area contributed by atoms with Crippen molar-refractivity contribution in [2.24, 2.45) is 5.41 Å². The standard InChI is InChI=1S/C12H17FO/c1-12(2,3)11(14)8-9-4-6-10(13)7-5-9/h4-7,11,14H,8H2,1-3H3. The van der Waals surface area contributed by atoms with Gasteiger partial charge in [0.25, 0.3) is 0 Å². The molecule has 1 N–H and O–H groups in total. The Kier molecular flexibility index (Phi) is 3.27. The quantitative estimate of drug-likeness (QED) is 0.771. The lowest BCUT2D eigenvalue weighted by atomic mass is 9.85. The zero-order valence-corrected chi connectivity index (χ0v) is 8.92. The number of aliphatic hydroxyl groups is 1. The molecule has 1 nitrogen and oxygen atoms in total. The maximum Gasteiger partial charge on any atom is 0.123 e. The van der Waals surface area contributed by atoms with Crippen LogP contribution in [0.25, 0.3) is 0 Å². The normalized spacial score (nSPS) is 14.1. The van der Waals surface area contributed by atoms with Crippen molar-refractivity contribution in [3.05, 3.63) is 35.6 Å². The van der Waals surface area contributed by atoms with E-state index >= 15 is 0 Å². The molecule has 0 amide bonds. The van der Waals surface area contributed by atoms with Crippen molar-refractivity contribution >= 4 is 0 Å². The minimum atomic E-state index is -0.395. The van der Waals surface area contributed by atoms with Gasteiger partial charge in [-0.3, -0.25) is 0 Å². The molecule has 0 fully saturated rings. The number of hydrogen-bond acceptors (Lipinski definition) is 1. The average Bonchev–Trinajstić information content (AvgIpc) is 2.07. The van der Waals surface area contributed by atoms with E-state index in [1.54, 1.807) is 12.1 Å². The molecule has 78 valence electrons. The molecular formula is C12H17FO. The first-order chi connectivity index (χ1) is 6.39. The summed E-state index contributed by atoms with van der Waals surface area (Å²) in [5.74, 6) is -0.237. The van der Waals surface area contributed by atoms with Crippen molar-refractivity contribution in [2.45, 2.75) is 33.3 Å². The Morgan fingerprint density at radius 2 is 1.71 bits per heavy atom. The summed E-state index contributed by atoms with van der Waals surface area (Å²) in [5, 5.41) is 9.81. The lowest BCUT2D eigenvalue weighted by Gasteiger charge is -2.25. The summed E-state index contributed by atoms with van der Waals surface area (Å²) >= 11 is 0. The first-order valence-corrected chi connectivity index (χ1v) is 4.82. The summed E-state index contributed by atoms with van der Waals surface area (Å²) in [7, 11) is 0. The second kappa shape index (κ2) is 4.09.